The third kappa shape index (κ3) is 4.08. The first-order valence-electron chi connectivity index (χ1n) is 6.01. The molecular formula is C13H14ClNO3S. The standard InChI is InChI=1S/C13H14ClNO3S/c14-11-5-3-10(19-11)4-6-12(16)15-9-2-1-8(7-9)13(17)18/h3-6,8-9H,1-2,7H2,(H,15,16)(H,17,18). The summed E-state index contributed by atoms with van der Waals surface area (Å²) in [6.45, 7) is 0. The van der Waals surface area contributed by atoms with E-state index in [0.29, 0.717) is 17.2 Å². The quantitative estimate of drug-likeness (QED) is 0.840. The van der Waals surface area contributed by atoms with Crippen molar-refractivity contribution in [2.75, 3.05) is 0 Å². The van der Waals surface area contributed by atoms with Gasteiger partial charge in [0.05, 0.1) is 10.3 Å². The third-order valence-corrected chi connectivity index (χ3v) is 4.32. The highest BCUT2D eigenvalue weighted by atomic mass is 35.5. The van der Waals surface area contributed by atoms with Crippen molar-refractivity contribution in [3.8, 4) is 0 Å². The Labute approximate surface area is 120 Å². The smallest absolute Gasteiger partial charge is 0.306 e. The molecule has 0 bridgehead atoms. The van der Waals surface area contributed by atoms with Gasteiger partial charge in [-0.2, -0.15) is 0 Å². The van der Waals surface area contributed by atoms with E-state index in [0.717, 1.165) is 11.3 Å². The highest BCUT2D eigenvalue weighted by Crippen LogP contribution is 2.26. The van der Waals surface area contributed by atoms with Crippen LogP contribution in [0.25, 0.3) is 6.08 Å². The number of carboxylic acid groups (broad SMARTS) is 1. The molecule has 1 aromatic rings. The lowest BCUT2D eigenvalue weighted by Crippen LogP contribution is -2.31. The Morgan fingerprint density at radius 1 is 1.42 bits per heavy atom. The maximum absolute atomic E-state index is 11.7. The van der Waals surface area contributed by atoms with Gasteiger partial charge in [0.2, 0.25) is 5.91 Å². The summed E-state index contributed by atoms with van der Waals surface area (Å²) in [5.74, 6) is -1.30. The molecule has 1 amide bonds. The van der Waals surface area contributed by atoms with E-state index in [-0.39, 0.29) is 17.9 Å². The fraction of sp³-hybridized carbons (Fsp3) is 0.385. The number of halogens is 1. The SMILES string of the molecule is O=C(C=Cc1ccc(Cl)s1)NC1CCC(C(=O)O)C1. The zero-order valence-corrected chi connectivity index (χ0v) is 11.7. The first-order chi connectivity index (χ1) is 9.04. The molecule has 1 aromatic heterocycles. The topological polar surface area (TPSA) is 66.4 Å². The second-order valence-corrected chi connectivity index (χ2v) is 6.28. The van der Waals surface area contributed by atoms with Crippen LogP contribution in [0.4, 0.5) is 0 Å². The number of aliphatic carboxylic acids is 1. The molecule has 0 radical (unpaired) electrons. The largest absolute Gasteiger partial charge is 0.481 e. The predicted molar refractivity (Wildman–Crippen MR) is 75.3 cm³/mol. The first kappa shape index (κ1) is 14.1. The summed E-state index contributed by atoms with van der Waals surface area (Å²) in [5.41, 5.74) is 0. The minimum Gasteiger partial charge on any atom is -0.481 e. The van der Waals surface area contributed by atoms with Gasteiger partial charge < -0.3 is 10.4 Å². The lowest BCUT2D eigenvalue weighted by atomic mass is 10.1. The van der Waals surface area contributed by atoms with Crippen LogP contribution in [0.2, 0.25) is 4.34 Å². The average Bonchev–Trinajstić information content (AvgIpc) is 2.96. The molecule has 0 aromatic carbocycles. The molecular weight excluding hydrogens is 286 g/mol. The van der Waals surface area contributed by atoms with Crippen LogP contribution in [-0.4, -0.2) is 23.0 Å². The number of nitrogens with one attached hydrogen (secondary N) is 1. The van der Waals surface area contributed by atoms with E-state index >= 15 is 0 Å². The Balaban J connectivity index is 1.82. The monoisotopic (exact) mass is 299 g/mol. The minimum atomic E-state index is -0.777. The number of hydrogen-bond acceptors (Lipinski definition) is 3. The fourth-order valence-corrected chi connectivity index (χ4v) is 3.13. The van der Waals surface area contributed by atoms with Crippen LogP contribution in [0.15, 0.2) is 18.2 Å². The van der Waals surface area contributed by atoms with E-state index in [9.17, 15) is 9.59 Å². The number of thiophene rings is 1. The van der Waals surface area contributed by atoms with Gasteiger partial charge in [0.25, 0.3) is 0 Å². The van der Waals surface area contributed by atoms with Crippen molar-refractivity contribution >= 4 is 40.9 Å². The summed E-state index contributed by atoms with van der Waals surface area (Å²) in [5, 5.41) is 11.7. The molecule has 6 heteroatoms. The zero-order valence-electron chi connectivity index (χ0n) is 10.1. The maximum atomic E-state index is 11.7. The van der Waals surface area contributed by atoms with Crippen molar-refractivity contribution in [1.82, 2.24) is 5.32 Å². The van der Waals surface area contributed by atoms with Crippen LogP contribution < -0.4 is 5.32 Å². The lowest BCUT2D eigenvalue weighted by Gasteiger charge is -2.10. The Hall–Kier alpha value is -1.33. The van der Waals surface area contributed by atoms with Gasteiger partial charge in [-0.1, -0.05) is 11.6 Å². The summed E-state index contributed by atoms with van der Waals surface area (Å²) in [6, 6.07) is 3.58. The Morgan fingerprint density at radius 3 is 2.79 bits per heavy atom. The Bertz CT molecular complexity index is 512. The fourth-order valence-electron chi connectivity index (χ4n) is 2.16. The van der Waals surface area contributed by atoms with E-state index in [1.807, 2.05) is 6.07 Å². The van der Waals surface area contributed by atoms with Crippen molar-refractivity contribution in [2.45, 2.75) is 25.3 Å². The van der Waals surface area contributed by atoms with Gasteiger partial charge in [0.15, 0.2) is 0 Å². The van der Waals surface area contributed by atoms with E-state index < -0.39 is 5.97 Å². The molecule has 1 heterocycles. The normalized spacial score (nSPS) is 22.8. The van der Waals surface area contributed by atoms with E-state index in [1.165, 1.54) is 17.4 Å². The highest BCUT2D eigenvalue weighted by Gasteiger charge is 2.30. The van der Waals surface area contributed by atoms with Crippen molar-refractivity contribution in [3.63, 3.8) is 0 Å². The van der Waals surface area contributed by atoms with Gasteiger partial charge in [0.1, 0.15) is 0 Å². The molecule has 1 aliphatic rings. The molecule has 2 atom stereocenters. The van der Waals surface area contributed by atoms with Crippen molar-refractivity contribution in [2.24, 2.45) is 5.92 Å². The molecule has 0 saturated heterocycles. The van der Waals surface area contributed by atoms with Crippen LogP contribution >= 0.6 is 22.9 Å². The van der Waals surface area contributed by atoms with Crippen LogP contribution in [0, 0.1) is 5.92 Å². The van der Waals surface area contributed by atoms with Gasteiger partial charge in [-0.3, -0.25) is 9.59 Å². The van der Waals surface area contributed by atoms with Crippen LogP contribution in [0.3, 0.4) is 0 Å². The van der Waals surface area contributed by atoms with Gasteiger partial charge in [-0.25, -0.2) is 0 Å². The molecule has 102 valence electrons. The van der Waals surface area contributed by atoms with Crippen LogP contribution in [0.1, 0.15) is 24.1 Å². The molecule has 2 N–H and O–H groups in total. The van der Waals surface area contributed by atoms with Gasteiger partial charge in [-0.05, 0) is 37.5 Å². The first-order valence-corrected chi connectivity index (χ1v) is 7.21. The number of carbonyl (C=O) groups excluding carboxylic acids is 1. The van der Waals surface area contributed by atoms with Crippen molar-refractivity contribution < 1.29 is 14.7 Å². The molecule has 19 heavy (non-hydrogen) atoms. The second-order valence-electron chi connectivity index (χ2n) is 4.53. The van der Waals surface area contributed by atoms with Gasteiger partial charge in [-0.15, -0.1) is 11.3 Å². The second kappa shape index (κ2) is 6.21. The van der Waals surface area contributed by atoms with E-state index in [1.54, 1.807) is 12.1 Å². The molecule has 1 fully saturated rings. The minimum absolute atomic E-state index is 0.0369. The van der Waals surface area contributed by atoms with Gasteiger partial charge >= 0.3 is 5.97 Å². The molecule has 4 nitrogen and oxygen atoms in total. The highest BCUT2D eigenvalue weighted by molar-refractivity contribution is 7.17. The summed E-state index contributed by atoms with van der Waals surface area (Å²) >= 11 is 7.19. The average molecular weight is 300 g/mol. The zero-order chi connectivity index (χ0) is 13.8. The molecule has 2 unspecified atom stereocenters. The summed E-state index contributed by atoms with van der Waals surface area (Å²) < 4.78 is 0.681. The summed E-state index contributed by atoms with van der Waals surface area (Å²) in [6.07, 6.45) is 5.03. The predicted octanol–water partition coefficient (Wildman–Crippen LogP) is 2.78. The number of amides is 1. The summed E-state index contributed by atoms with van der Waals surface area (Å²) in [7, 11) is 0. The maximum Gasteiger partial charge on any atom is 0.306 e. The molecule has 2 rings (SSSR count). The Morgan fingerprint density at radius 2 is 2.21 bits per heavy atom. The third-order valence-electron chi connectivity index (χ3n) is 3.12. The van der Waals surface area contributed by atoms with Gasteiger partial charge in [0, 0.05) is 17.0 Å². The van der Waals surface area contributed by atoms with Crippen molar-refractivity contribution in [3.05, 3.63) is 27.4 Å². The van der Waals surface area contributed by atoms with E-state index in [2.05, 4.69) is 5.32 Å². The van der Waals surface area contributed by atoms with E-state index in [4.69, 9.17) is 16.7 Å². The summed E-state index contributed by atoms with van der Waals surface area (Å²) in [4.78, 5) is 23.4. The molecule has 1 saturated carbocycles. The Kier molecular flexibility index (Phi) is 4.61. The molecule has 0 aliphatic heterocycles. The van der Waals surface area contributed by atoms with Crippen LogP contribution in [0.5, 0.6) is 0 Å². The molecule has 1 aliphatic carbocycles. The number of hydrogen-bond donors (Lipinski definition) is 2. The lowest BCUT2D eigenvalue weighted by molar-refractivity contribution is -0.141. The van der Waals surface area contributed by atoms with Crippen molar-refractivity contribution in [1.29, 1.82) is 0 Å². The number of carboxylic acids is 1. The number of rotatable bonds is 4. The molecule has 0 spiro atoms. The number of carbonyl (C=O) groups is 2. The van der Waals surface area contributed by atoms with Crippen LogP contribution in [-0.2, 0) is 9.59 Å².